The maximum atomic E-state index is 13.3. The molecule has 3 aromatic rings. The van der Waals surface area contributed by atoms with Gasteiger partial charge < -0.3 is 14.6 Å². The molecule has 1 unspecified atom stereocenters. The monoisotopic (exact) mass is 549 g/mol. The predicted molar refractivity (Wildman–Crippen MR) is 139 cm³/mol. The van der Waals surface area contributed by atoms with E-state index in [0.29, 0.717) is 28.1 Å². The number of carbonyl (C=O) groups is 3. The van der Waals surface area contributed by atoms with E-state index in [1.165, 1.54) is 19.1 Å². The maximum absolute atomic E-state index is 13.3. The van der Waals surface area contributed by atoms with Gasteiger partial charge >= 0.3 is 5.97 Å². The van der Waals surface area contributed by atoms with Crippen molar-refractivity contribution in [1.82, 2.24) is 0 Å². The van der Waals surface area contributed by atoms with Crippen molar-refractivity contribution in [3.05, 3.63) is 99.0 Å². The Labute approximate surface area is 217 Å². The minimum Gasteiger partial charge on any atom is -0.507 e. The standard InChI is InChI=1S/C28H24BrNO6/c1-16-13-19(9-12-22(16)29)26(32)24-25(18-5-4-6-21(15-18)35-2)30(28(34)27(24)33)20-10-7-17(8-11-20)14-23(31)36-3/h4-13,15,25,32H,14H2,1-3H3/b26-24-. The fourth-order valence-electron chi connectivity index (χ4n) is 4.19. The highest BCUT2D eigenvalue weighted by Crippen LogP contribution is 2.43. The summed E-state index contributed by atoms with van der Waals surface area (Å²) in [5.41, 5.74) is 3.02. The summed E-state index contributed by atoms with van der Waals surface area (Å²) in [6.07, 6.45) is 0.0812. The fourth-order valence-corrected chi connectivity index (χ4v) is 4.43. The number of ketones is 1. The van der Waals surface area contributed by atoms with Gasteiger partial charge in [0.05, 0.1) is 32.3 Å². The van der Waals surface area contributed by atoms with Crippen molar-refractivity contribution in [3.8, 4) is 5.75 Å². The van der Waals surface area contributed by atoms with Gasteiger partial charge in [0.25, 0.3) is 11.7 Å². The Morgan fingerprint density at radius 1 is 1.03 bits per heavy atom. The number of carbonyl (C=O) groups excluding carboxylic acids is 3. The van der Waals surface area contributed by atoms with Gasteiger partial charge in [0.1, 0.15) is 11.5 Å². The van der Waals surface area contributed by atoms with Gasteiger partial charge in [0.15, 0.2) is 0 Å². The number of amides is 1. The van der Waals surface area contributed by atoms with Gasteiger partial charge in [-0.3, -0.25) is 19.3 Å². The smallest absolute Gasteiger partial charge is 0.309 e. The summed E-state index contributed by atoms with van der Waals surface area (Å²) in [4.78, 5) is 39.7. The summed E-state index contributed by atoms with van der Waals surface area (Å²) in [7, 11) is 2.85. The molecule has 0 saturated carbocycles. The second kappa shape index (κ2) is 10.4. The van der Waals surface area contributed by atoms with E-state index >= 15 is 0 Å². The molecule has 0 bridgehead atoms. The van der Waals surface area contributed by atoms with E-state index in [1.54, 1.807) is 66.7 Å². The zero-order valence-electron chi connectivity index (χ0n) is 19.9. The summed E-state index contributed by atoms with van der Waals surface area (Å²) in [6, 6.07) is 18.1. The molecule has 0 spiro atoms. The molecule has 8 heteroatoms. The first-order valence-corrected chi connectivity index (χ1v) is 11.9. The van der Waals surface area contributed by atoms with Crippen LogP contribution in [0.2, 0.25) is 0 Å². The lowest BCUT2D eigenvalue weighted by atomic mass is 9.94. The van der Waals surface area contributed by atoms with E-state index in [9.17, 15) is 19.5 Å². The lowest BCUT2D eigenvalue weighted by molar-refractivity contribution is -0.139. The molecule has 1 N–H and O–H groups in total. The number of aryl methyl sites for hydroxylation is 1. The molecule has 4 rings (SSSR count). The summed E-state index contributed by atoms with van der Waals surface area (Å²) >= 11 is 3.44. The first-order valence-electron chi connectivity index (χ1n) is 11.1. The third-order valence-electron chi connectivity index (χ3n) is 6.08. The topological polar surface area (TPSA) is 93.1 Å². The third-order valence-corrected chi connectivity index (χ3v) is 6.97. The fraction of sp³-hybridized carbons (Fsp3) is 0.179. The molecule has 1 atom stereocenters. The Kier molecular flexibility index (Phi) is 7.26. The van der Waals surface area contributed by atoms with Crippen molar-refractivity contribution in [2.24, 2.45) is 0 Å². The molecule has 0 aliphatic carbocycles. The van der Waals surface area contributed by atoms with E-state index in [4.69, 9.17) is 9.47 Å². The van der Waals surface area contributed by atoms with Gasteiger partial charge in [-0.15, -0.1) is 0 Å². The summed E-state index contributed by atoms with van der Waals surface area (Å²) in [6.45, 7) is 1.87. The number of aliphatic hydroxyl groups is 1. The molecule has 0 radical (unpaired) electrons. The Balaban J connectivity index is 1.87. The second-order valence-electron chi connectivity index (χ2n) is 8.33. The quantitative estimate of drug-likeness (QED) is 0.199. The maximum Gasteiger partial charge on any atom is 0.309 e. The number of benzene rings is 3. The van der Waals surface area contributed by atoms with Crippen LogP contribution in [0.25, 0.3) is 5.76 Å². The largest absolute Gasteiger partial charge is 0.507 e. The SMILES string of the molecule is COC(=O)Cc1ccc(N2C(=O)C(=O)/C(=C(\O)c3ccc(Br)c(C)c3)C2c2cccc(OC)c2)cc1. The van der Waals surface area contributed by atoms with Crippen LogP contribution in [0.1, 0.15) is 28.3 Å². The first kappa shape index (κ1) is 25.2. The normalized spacial score (nSPS) is 16.8. The Morgan fingerprint density at radius 3 is 2.39 bits per heavy atom. The van der Waals surface area contributed by atoms with Gasteiger partial charge in [-0.2, -0.15) is 0 Å². The highest BCUT2D eigenvalue weighted by atomic mass is 79.9. The molecular formula is C28H24BrNO6. The summed E-state index contributed by atoms with van der Waals surface area (Å²) in [5, 5.41) is 11.3. The van der Waals surface area contributed by atoms with Crippen LogP contribution in [0.3, 0.4) is 0 Å². The number of ether oxygens (including phenoxy) is 2. The van der Waals surface area contributed by atoms with Crippen molar-refractivity contribution >= 4 is 45.0 Å². The second-order valence-corrected chi connectivity index (χ2v) is 9.18. The summed E-state index contributed by atoms with van der Waals surface area (Å²) < 4.78 is 10.9. The molecule has 3 aromatic carbocycles. The van der Waals surface area contributed by atoms with Crippen LogP contribution >= 0.6 is 15.9 Å². The van der Waals surface area contributed by atoms with Crippen LogP contribution in [0.5, 0.6) is 5.75 Å². The summed E-state index contributed by atoms with van der Waals surface area (Å²) in [5.74, 6) is -1.66. The molecule has 1 heterocycles. The molecule has 1 fully saturated rings. The van der Waals surface area contributed by atoms with Crippen LogP contribution in [0.15, 0.2) is 76.8 Å². The average Bonchev–Trinajstić information content (AvgIpc) is 3.15. The van der Waals surface area contributed by atoms with Crippen molar-refractivity contribution in [2.75, 3.05) is 19.1 Å². The molecule has 1 amide bonds. The number of Topliss-reactive ketones (excluding diaryl/α,β-unsaturated/α-hetero) is 1. The molecule has 0 aromatic heterocycles. The number of hydrogen-bond donors (Lipinski definition) is 1. The van der Waals surface area contributed by atoms with E-state index in [-0.39, 0.29) is 23.7 Å². The van der Waals surface area contributed by atoms with Crippen LogP contribution in [-0.4, -0.2) is 37.0 Å². The number of nitrogens with zero attached hydrogens (tertiary/aromatic N) is 1. The lowest BCUT2D eigenvalue weighted by Crippen LogP contribution is -2.29. The van der Waals surface area contributed by atoms with E-state index in [1.807, 2.05) is 6.92 Å². The number of methoxy groups -OCH3 is 2. The number of esters is 1. The zero-order chi connectivity index (χ0) is 26.0. The molecule has 184 valence electrons. The number of anilines is 1. The van der Waals surface area contributed by atoms with Gasteiger partial charge in [-0.1, -0.05) is 46.3 Å². The van der Waals surface area contributed by atoms with Crippen molar-refractivity contribution in [3.63, 3.8) is 0 Å². The van der Waals surface area contributed by atoms with Gasteiger partial charge in [-0.25, -0.2) is 0 Å². The number of halogens is 1. The lowest BCUT2D eigenvalue weighted by Gasteiger charge is -2.26. The highest BCUT2D eigenvalue weighted by Gasteiger charge is 2.47. The van der Waals surface area contributed by atoms with Crippen LogP contribution in [0, 0.1) is 6.92 Å². The molecule has 7 nitrogen and oxygen atoms in total. The van der Waals surface area contributed by atoms with E-state index in [2.05, 4.69) is 15.9 Å². The predicted octanol–water partition coefficient (Wildman–Crippen LogP) is 5.11. The molecule has 1 saturated heterocycles. The first-order chi connectivity index (χ1) is 17.2. The third kappa shape index (κ3) is 4.77. The Morgan fingerprint density at radius 2 is 1.75 bits per heavy atom. The Hall–Kier alpha value is -3.91. The van der Waals surface area contributed by atoms with Crippen LogP contribution in [0.4, 0.5) is 5.69 Å². The van der Waals surface area contributed by atoms with Crippen LogP contribution in [-0.2, 0) is 25.5 Å². The minimum absolute atomic E-state index is 0.0198. The zero-order valence-corrected chi connectivity index (χ0v) is 21.5. The van der Waals surface area contributed by atoms with Crippen molar-refractivity contribution < 1.29 is 29.0 Å². The number of aliphatic hydroxyl groups excluding tert-OH is 1. The van der Waals surface area contributed by atoms with Crippen LogP contribution < -0.4 is 9.64 Å². The average molecular weight is 550 g/mol. The highest BCUT2D eigenvalue weighted by molar-refractivity contribution is 9.10. The molecule has 1 aliphatic rings. The van der Waals surface area contributed by atoms with Gasteiger partial charge in [-0.05, 0) is 60.0 Å². The molecular weight excluding hydrogens is 526 g/mol. The molecule has 36 heavy (non-hydrogen) atoms. The van der Waals surface area contributed by atoms with Crippen molar-refractivity contribution in [2.45, 2.75) is 19.4 Å². The molecule has 1 aliphatic heterocycles. The minimum atomic E-state index is -0.893. The number of rotatable bonds is 6. The number of hydrogen-bond acceptors (Lipinski definition) is 6. The van der Waals surface area contributed by atoms with E-state index < -0.39 is 17.7 Å². The van der Waals surface area contributed by atoms with Crippen molar-refractivity contribution in [1.29, 1.82) is 0 Å². The van der Waals surface area contributed by atoms with E-state index in [0.717, 1.165) is 10.0 Å². The van der Waals surface area contributed by atoms with Gasteiger partial charge in [0.2, 0.25) is 0 Å². The van der Waals surface area contributed by atoms with Gasteiger partial charge in [0, 0.05) is 15.7 Å². The Bertz CT molecular complexity index is 1380.